The molecule has 6 heteroatoms. The summed E-state index contributed by atoms with van der Waals surface area (Å²) < 4.78 is 4.73. The smallest absolute Gasteiger partial charge is 0.223 e. The van der Waals surface area contributed by atoms with Crippen LogP contribution in [0.4, 0.5) is 0 Å². The maximum atomic E-state index is 10.6. The average molecular weight is 233 g/mol. The molecule has 0 fully saturated rings. The Kier molecular flexibility index (Phi) is 43.5. The first-order chi connectivity index (χ1) is 7.76. The molecule has 0 aromatic rings. The van der Waals surface area contributed by atoms with Gasteiger partial charge in [-0.25, -0.2) is 0 Å². The summed E-state index contributed by atoms with van der Waals surface area (Å²) in [5.41, 5.74) is 0. The first-order valence-electron chi connectivity index (χ1n) is 3.92. The second-order valence-electron chi connectivity index (χ2n) is 1.89. The summed E-state index contributed by atoms with van der Waals surface area (Å²) in [5.74, 6) is -0.499. The van der Waals surface area contributed by atoms with E-state index in [1.807, 2.05) is 27.3 Å². The number of carbonyl (C=O) groups excluding carboxylic acids is 5. The minimum Gasteiger partial charge on any atom is -0.373 e. The molecule has 0 aromatic carbocycles. The fourth-order valence-electron chi connectivity index (χ4n) is 0.618. The fraction of sp³-hybridized carbons (Fsp3) is 0.400. The first-order valence-corrected chi connectivity index (χ1v) is 3.92. The molecule has 16 heavy (non-hydrogen) atoms. The van der Waals surface area contributed by atoms with E-state index in [1.54, 1.807) is 6.42 Å². The van der Waals surface area contributed by atoms with Gasteiger partial charge in [0.2, 0.25) is 5.78 Å². The molecule has 0 aliphatic rings. The zero-order valence-electron chi connectivity index (χ0n) is 9.51. The van der Waals surface area contributed by atoms with Crippen LogP contribution in [0.3, 0.4) is 0 Å². The van der Waals surface area contributed by atoms with Crippen molar-refractivity contribution in [2.75, 3.05) is 7.11 Å². The highest BCUT2D eigenvalue weighted by Gasteiger charge is 2.14. The lowest BCUT2D eigenvalue weighted by atomic mass is 10.1. The van der Waals surface area contributed by atoms with E-state index in [2.05, 4.69) is 0 Å². The highest BCUT2D eigenvalue weighted by atomic mass is 16.5. The van der Waals surface area contributed by atoms with E-state index in [9.17, 15) is 9.59 Å². The Morgan fingerprint density at radius 2 is 1.56 bits per heavy atom. The molecule has 6 nitrogen and oxygen atoms in total. The van der Waals surface area contributed by atoms with Gasteiger partial charge < -0.3 is 19.1 Å². The molecule has 0 N–H and O–H groups in total. The van der Waals surface area contributed by atoms with Gasteiger partial charge in [0.1, 0.15) is 26.5 Å². The van der Waals surface area contributed by atoms with Crippen molar-refractivity contribution in [3.05, 3.63) is 6.42 Å². The summed E-state index contributed by atoms with van der Waals surface area (Å²) in [6.45, 7) is 7.81. The third-order valence-electron chi connectivity index (χ3n) is 1.17. The van der Waals surface area contributed by atoms with Gasteiger partial charge in [0.25, 0.3) is 0 Å². The second kappa shape index (κ2) is 29.2. The lowest BCUT2D eigenvalue weighted by Gasteiger charge is -2.07. The Morgan fingerprint density at radius 1 is 1.19 bits per heavy atom. The Bertz CT molecular complexity index is 155. The molecule has 0 aliphatic carbocycles. The van der Waals surface area contributed by atoms with Gasteiger partial charge in [-0.2, -0.15) is 0 Å². The summed E-state index contributed by atoms with van der Waals surface area (Å²) in [6.07, 6.45) is 1.99. The molecule has 0 saturated carbocycles. The van der Waals surface area contributed by atoms with Crippen molar-refractivity contribution in [3.8, 4) is 0 Å². The van der Waals surface area contributed by atoms with Crippen molar-refractivity contribution >= 4 is 32.4 Å². The van der Waals surface area contributed by atoms with Crippen molar-refractivity contribution in [3.63, 3.8) is 0 Å². The summed E-state index contributed by atoms with van der Waals surface area (Å²) in [5, 5.41) is 0. The number of ether oxygens (including phenoxy) is 1. The van der Waals surface area contributed by atoms with Crippen molar-refractivity contribution in [2.45, 2.75) is 19.4 Å². The van der Waals surface area contributed by atoms with E-state index >= 15 is 0 Å². The molecule has 1 atom stereocenters. The third kappa shape index (κ3) is 18.2. The Hall–Kier alpha value is -1.69. The standard InChI is InChI=1S/C7H11O3.3CH2O/c1-3-4-7(10-2)6(9)5-8;3*1-2/h3,5,7H,4H2,1-2H3;3*1H2. The highest BCUT2D eigenvalue weighted by molar-refractivity contribution is 6.27. The van der Waals surface area contributed by atoms with Crippen LogP contribution in [0.5, 0.6) is 0 Å². The number of methoxy groups -OCH3 is 1. The molecule has 0 bridgehead atoms. The fourth-order valence-corrected chi connectivity index (χ4v) is 0.618. The van der Waals surface area contributed by atoms with E-state index in [1.165, 1.54) is 7.11 Å². The van der Waals surface area contributed by atoms with Crippen LogP contribution >= 0.6 is 0 Å². The van der Waals surface area contributed by atoms with Crippen LogP contribution in [0.2, 0.25) is 0 Å². The van der Waals surface area contributed by atoms with Gasteiger partial charge >= 0.3 is 0 Å². The van der Waals surface area contributed by atoms with E-state index in [-0.39, 0.29) is 6.29 Å². The molecule has 0 saturated heterocycles. The molecule has 0 spiro atoms. The van der Waals surface area contributed by atoms with Crippen LogP contribution in [0, 0.1) is 6.42 Å². The number of hydrogen-bond acceptors (Lipinski definition) is 6. The molecule has 93 valence electrons. The van der Waals surface area contributed by atoms with Crippen molar-refractivity contribution in [2.24, 2.45) is 0 Å². The van der Waals surface area contributed by atoms with Crippen LogP contribution < -0.4 is 0 Å². The normalized spacial score (nSPS) is 8.62. The predicted molar refractivity (Wildman–Crippen MR) is 57.8 cm³/mol. The Labute approximate surface area is 95.0 Å². The van der Waals surface area contributed by atoms with Gasteiger partial charge in [0, 0.05) is 7.11 Å². The molecule has 0 rings (SSSR count). The lowest BCUT2D eigenvalue weighted by molar-refractivity contribution is -0.136. The Balaban J connectivity index is -0.000000103. The molecule has 0 aliphatic heterocycles. The maximum Gasteiger partial charge on any atom is 0.223 e. The summed E-state index contributed by atoms with van der Waals surface area (Å²) in [6, 6.07) is 0. The van der Waals surface area contributed by atoms with Crippen LogP contribution in [0.15, 0.2) is 0 Å². The molecule has 1 radical (unpaired) electrons. The van der Waals surface area contributed by atoms with Crippen LogP contribution in [-0.2, 0) is 28.7 Å². The zero-order chi connectivity index (χ0) is 14.0. The maximum absolute atomic E-state index is 10.6. The zero-order valence-corrected chi connectivity index (χ0v) is 9.51. The van der Waals surface area contributed by atoms with Gasteiger partial charge in [0.05, 0.1) is 0 Å². The van der Waals surface area contributed by atoms with Crippen LogP contribution in [0.1, 0.15) is 13.3 Å². The van der Waals surface area contributed by atoms with Gasteiger partial charge in [-0.1, -0.05) is 6.92 Å². The number of aldehydes is 1. The van der Waals surface area contributed by atoms with Crippen molar-refractivity contribution in [1.82, 2.24) is 0 Å². The Morgan fingerprint density at radius 3 is 1.75 bits per heavy atom. The molecule has 0 heterocycles. The van der Waals surface area contributed by atoms with Gasteiger partial charge in [-0.3, -0.25) is 9.59 Å². The van der Waals surface area contributed by atoms with Gasteiger partial charge in [-0.15, -0.1) is 0 Å². The van der Waals surface area contributed by atoms with E-state index in [4.69, 9.17) is 19.1 Å². The summed E-state index contributed by atoms with van der Waals surface area (Å²) in [7, 11) is 1.41. The molecule has 1 unspecified atom stereocenters. The largest absolute Gasteiger partial charge is 0.373 e. The van der Waals surface area contributed by atoms with Gasteiger partial charge in [0.15, 0.2) is 6.29 Å². The van der Waals surface area contributed by atoms with Gasteiger partial charge in [-0.05, 0) is 12.8 Å². The molecular formula is C10H17O6. The highest BCUT2D eigenvalue weighted by Crippen LogP contribution is 1.99. The number of Topliss-reactive ketones (excluding diaryl/α,β-unsaturated/α-hetero) is 1. The van der Waals surface area contributed by atoms with Crippen molar-refractivity contribution in [1.29, 1.82) is 0 Å². The quantitative estimate of drug-likeness (QED) is 0.483. The van der Waals surface area contributed by atoms with Crippen molar-refractivity contribution < 1.29 is 28.7 Å². The number of carbonyl (C=O) groups is 5. The summed E-state index contributed by atoms with van der Waals surface area (Å²) >= 11 is 0. The minimum absolute atomic E-state index is 0.289. The third-order valence-corrected chi connectivity index (χ3v) is 1.17. The first kappa shape index (κ1) is 23.8. The number of hydrogen-bond donors (Lipinski definition) is 0. The van der Waals surface area contributed by atoms with E-state index in [0.29, 0.717) is 6.42 Å². The second-order valence-corrected chi connectivity index (χ2v) is 1.89. The van der Waals surface area contributed by atoms with E-state index < -0.39 is 11.9 Å². The molecule has 0 aromatic heterocycles. The van der Waals surface area contributed by atoms with E-state index in [0.717, 1.165) is 0 Å². The lowest BCUT2D eigenvalue weighted by Crippen LogP contribution is -2.23. The predicted octanol–water partition coefficient (Wildman–Crippen LogP) is -0.171. The molecular weight excluding hydrogens is 216 g/mol. The summed E-state index contributed by atoms with van der Waals surface area (Å²) in [4.78, 5) is 44.6. The van der Waals surface area contributed by atoms with Crippen LogP contribution in [0.25, 0.3) is 0 Å². The monoisotopic (exact) mass is 233 g/mol. The molecule has 0 amide bonds. The topological polar surface area (TPSA) is 94.6 Å². The van der Waals surface area contributed by atoms with Crippen LogP contribution in [-0.4, -0.2) is 45.7 Å². The minimum atomic E-state index is -0.581. The SMILES string of the molecule is C=O.C=O.C=O.C[CH]CC(OC)C(=O)C=O. The average Bonchev–Trinajstić information content (AvgIpc) is 2.42. The number of ketones is 1. The number of rotatable bonds is 5.